The molecule has 4 N–H and O–H groups in total. The third-order valence-corrected chi connectivity index (χ3v) is 4.54. The summed E-state index contributed by atoms with van der Waals surface area (Å²) < 4.78 is 6.24. The predicted octanol–water partition coefficient (Wildman–Crippen LogP) is 1.50. The number of rotatable bonds is 7. The van der Waals surface area contributed by atoms with E-state index in [0.717, 1.165) is 4.88 Å². The standard InChI is InChI=1S/C17H18N6O3S/c1-26-12-6-4-11(5-7-12)20-14(24)10-23-16(18)15(21-22-23)17(25)19-9-13-3-2-8-27-13/h2-8H,9-10,18H2,1H3,(H,19,25)(H,20,24). The molecular weight excluding hydrogens is 368 g/mol. The molecule has 0 fully saturated rings. The molecule has 27 heavy (non-hydrogen) atoms. The molecular formula is C17H18N6O3S. The molecule has 2 heterocycles. The summed E-state index contributed by atoms with van der Waals surface area (Å²) in [5.74, 6) is -0.0692. The maximum Gasteiger partial charge on any atom is 0.276 e. The van der Waals surface area contributed by atoms with Gasteiger partial charge < -0.3 is 21.1 Å². The zero-order valence-corrected chi connectivity index (χ0v) is 15.3. The molecule has 0 atom stereocenters. The van der Waals surface area contributed by atoms with Crippen molar-refractivity contribution >= 4 is 34.7 Å². The van der Waals surface area contributed by atoms with Gasteiger partial charge in [-0.2, -0.15) is 0 Å². The number of nitrogens with zero attached hydrogens (tertiary/aromatic N) is 3. The van der Waals surface area contributed by atoms with Crippen molar-refractivity contribution < 1.29 is 14.3 Å². The van der Waals surface area contributed by atoms with Crippen LogP contribution in [0, 0.1) is 0 Å². The second-order valence-electron chi connectivity index (χ2n) is 5.52. The highest BCUT2D eigenvalue weighted by Crippen LogP contribution is 2.15. The van der Waals surface area contributed by atoms with Crippen molar-refractivity contribution in [3.05, 3.63) is 52.3 Å². The second kappa shape index (κ2) is 8.32. The first-order chi connectivity index (χ1) is 13.1. The van der Waals surface area contributed by atoms with Crippen LogP contribution in [0.1, 0.15) is 15.4 Å². The van der Waals surface area contributed by atoms with Crippen LogP contribution in [0.2, 0.25) is 0 Å². The summed E-state index contributed by atoms with van der Waals surface area (Å²) in [4.78, 5) is 25.4. The Kier molecular flexibility index (Phi) is 5.67. The smallest absolute Gasteiger partial charge is 0.276 e. The van der Waals surface area contributed by atoms with Crippen LogP contribution in [-0.4, -0.2) is 33.9 Å². The van der Waals surface area contributed by atoms with Crippen molar-refractivity contribution in [3.8, 4) is 5.75 Å². The lowest BCUT2D eigenvalue weighted by Crippen LogP contribution is -2.24. The number of aromatic nitrogens is 3. The zero-order chi connectivity index (χ0) is 19.2. The normalized spacial score (nSPS) is 10.4. The van der Waals surface area contributed by atoms with Crippen LogP contribution in [0.15, 0.2) is 41.8 Å². The summed E-state index contributed by atoms with van der Waals surface area (Å²) in [7, 11) is 1.56. The minimum Gasteiger partial charge on any atom is -0.497 e. The van der Waals surface area contributed by atoms with Crippen molar-refractivity contribution in [2.75, 3.05) is 18.2 Å². The Morgan fingerprint density at radius 3 is 2.70 bits per heavy atom. The second-order valence-corrected chi connectivity index (χ2v) is 6.55. The van der Waals surface area contributed by atoms with Crippen molar-refractivity contribution in [1.29, 1.82) is 0 Å². The SMILES string of the molecule is COc1ccc(NC(=O)Cn2nnc(C(=O)NCc3cccs3)c2N)cc1. The molecule has 2 amide bonds. The zero-order valence-electron chi connectivity index (χ0n) is 14.5. The maximum absolute atomic E-state index is 12.2. The first kappa shape index (κ1) is 18.4. The highest BCUT2D eigenvalue weighted by atomic mass is 32.1. The summed E-state index contributed by atoms with van der Waals surface area (Å²) in [6, 6.07) is 10.7. The Labute approximate surface area is 159 Å². The molecule has 0 bridgehead atoms. The van der Waals surface area contributed by atoms with Crippen LogP contribution in [0.4, 0.5) is 11.5 Å². The van der Waals surface area contributed by atoms with Gasteiger partial charge >= 0.3 is 0 Å². The molecule has 0 saturated heterocycles. The van der Waals surface area contributed by atoms with E-state index in [1.54, 1.807) is 31.4 Å². The number of hydrogen-bond acceptors (Lipinski definition) is 7. The minimum absolute atomic E-state index is 0.0104. The van der Waals surface area contributed by atoms with Gasteiger partial charge in [0.15, 0.2) is 11.5 Å². The molecule has 3 aromatic rings. The van der Waals surface area contributed by atoms with Gasteiger partial charge in [0.2, 0.25) is 5.91 Å². The van der Waals surface area contributed by atoms with E-state index < -0.39 is 5.91 Å². The van der Waals surface area contributed by atoms with Crippen molar-refractivity contribution in [1.82, 2.24) is 20.3 Å². The number of thiophene rings is 1. The van der Waals surface area contributed by atoms with Crippen LogP contribution in [0.5, 0.6) is 5.75 Å². The number of carbonyl (C=O) groups excluding carboxylic acids is 2. The summed E-state index contributed by atoms with van der Waals surface area (Å²) in [5, 5.41) is 14.9. The molecule has 1 aromatic carbocycles. The van der Waals surface area contributed by atoms with E-state index in [9.17, 15) is 9.59 Å². The van der Waals surface area contributed by atoms with E-state index >= 15 is 0 Å². The topological polar surface area (TPSA) is 124 Å². The first-order valence-electron chi connectivity index (χ1n) is 8.00. The van der Waals surface area contributed by atoms with Crippen molar-refractivity contribution in [2.45, 2.75) is 13.1 Å². The molecule has 0 spiro atoms. The molecule has 2 aromatic heterocycles. The molecule has 140 valence electrons. The molecule has 0 aliphatic rings. The number of anilines is 2. The molecule has 0 unspecified atom stereocenters. The van der Waals surface area contributed by atoms with Gasteiger partial charge in [0.25, 0.3) is 5.91 Å². The summed E-state index contributed by atoms with van der Waals surface area (Å²) in [6.07, 6.45) is 0. The third kappa shape index (κ3) is 4.61. The number of nitrogen functional groups attached to an aromatic ring is 1. The van der Waals surface area contributed by atoms with Gasteiger partial charge in [-0.1, -0.05) is 11.3 Å². The minimum atomic E-state index is -0.442. The number of amides is 2. The largest absolute Gasteiger partial charge is 0.497 e. The van der Waals surface area contributed by atoms with Gasteiger partial charge in [-0.25, -0.2) is 4.68 Å². The Morgan fingerprint density at radius 2 is 2.04 bits per heavy atom. The molecule has 10 heteroatoms. The molecule has 0 aliphatic heterocycles. The van der Waals surface area contributed by atoms with Gasteiger partial charge in [-0.05, 0) is 35.7 Å². The van der Waals surface area contributed by atoms with E-state index in [-0.39, 0.29) is 24.0 Å². The molecule has 0 aliphatic carbocycles. The van der Waals surface area contributed by atoms with Crippen molar-refractivity contribution in [3.63, 3.8) is 0 Å². The number of nitrogens with two attached hydrogens (primary N) is 1. The van der Waals surface area contributed by atoms with E-state index in [4.69, 9.17) is 10.5 Å². The summed E-state index contributed by atoms with van der Waals surface area (Å²) in [6.45, 7) is 0.212. The highest BCUT2D eigenvalue weighted by Gasteiger charge is 2.18. The monoisotopic (exact) mass is 386 g/mol. The fourth-order valence-corrected chi connectivity index (χ4v) is 2.92. The van der Waals surface area contributed by atoms with Crippen LogP contribution in [-0.2, 0) is 17.9 Å². The fourth-order valence-electron chi connectivity index (χ4n) is 2.27. The van der Waals surface area contributed by atoms with E-state index in [2.05, 4.69) is 20.9 Å². The lowest BCUT2D eigenvalue weighted by molar-refractivity contribution is -0.116. The Hall–Kier alpha value is -3.40. The summed E-state index contributed by atoms with van der Waals surface area (Å²) in [5.41, 5.74) is 6.51. The molecule has 3 rings (SSSR count). The lowest BCUT2D eigenvalue weighted by Gasteiger charge is -2.07. The third-order valence-electron chi connectivity index (χ3n) is 3.66. The van der Waals surface area contributed by atoms with E-state index in [1.807, 2.05) is 17.5 Å². The average Bonchev–Trinajstić information content (AvgIpc) is 3.31. The van der Waals surface area contributed by atoms with Crippen LogP contribution in [0.3, 0.4) is 0 Å². The van der Waals surface area contributed by atoms with Crippen molar-refractivity contribution in [2.24, 2.45) is 0 Å². The molecule has 0 saturated carbocycles. The first-order valence-corrected chi connectivity index (χ1v) is 8.88. The number of benzene rings is 1. The number of methoxy groups -OCH3 is 1. The average molecular weight is 386 g/mol. The highest BCUT2D eigenvalue weighted by molar-refractivity contribution is 7.09. The van der Waals surface area contributed by atoms with Crippen LogP contribution >= 0.6 is 11.3 Å². The van der Waals surface area contributed by atoms with Gasteiger partial charge in [-0.3, -0.25) is 9.59 Å². The van der Waals surface area contributed by atoms with E-state index in [0.29, 0.717) is 18.0 Å². The van der Waals surface area contributed by atoms with E-state index in [1.165, 1.54) is 16.0 Å². The van der Waals surface area contributed by atoms with Crippen LogP contribution < -0.4 is 21.1 Å². The van der Waals surface area contributed by atoms with Gasteiger partial charge in [0.05, 0.1) is 13.7 Å². The number of hydrogen-bond donors (Lipinski definition) is 3. The number of nitrogens with one attached hydrogen (secondary N) is 2. The quantitative estimate of drug-likeness (QED) is 0.565. The summed E-state index contributed by atoms with van der Waals surface area (Å²) >= 11 is 1.53. The molecule has 0 radical (unpaired) electrons. The van der Waals surface area contributed by atoms with Gasteiger partial charge in [0.1, 0.15) is 12.3 Å². The number of ether oxygens (including phenoxy) is 1. The predicted molar refractivity (Wildman–Crippen MR) is 102 cm³/mol. The van der Waals surface area contributed by atoms with Crippen LogP contribution in [0.25, 0.3) is 0 Å². The molecule has 9 nitrogen and oxygen atoms in total. The lowest BCUT2D eigenvalue weighted by atomic mass is 10.3. The Balaban J connectivity index is 1.58. The maximum atomic E-state index is 12.2. The fraction of sp³-hybridized carbons (Fsp3) is 0.176. The van der Waals surface area contributed by atoms with Gasteiger partial charge in [-0.15, -0.1) is 16.4 Å². The van der Waals surface area contributed by atoms with Gasteiger partial charge in [0, 0.05) is 10.6 Å². The number of carbonyl (C=O) groups is 2. The Morgan fingerprint density at radius 1 is 1.26 bits per heavy atom. The Bertz CT molecular complexity index is 921.